The van der Waals surface area contributed by atoms with Gasteiger partial charge in [-0.1, -0.05) is 18.2 Å². The molecule has 0 bridgehead atoms. The lowest BCUT2D eigenvalue weighted by Crippen LogP contribution is -2.28. The maximum Gasteiger partial charge on any atom is 0.308 e. The van der Waals surface area contributed by atoms with E-state index >= 15 is 0 Å². The largest absolute Gasteiger partial charge is 0.487 e. The molecule has 1 unspecified atom stereocenters. The molecule has 2 aromatic rings. The summed E-state index contributed by atoms with van der Waals surface area (Å²) in [5, 5.41) is 12.0. The Bertz CT molecular complexity index is 830. The number of para-hydroxylation sites is 1. The average molecular weight is 372 g/mol. The molecular weight excluding hydrogens is 352 g/mol. The molecule has 6 nitrogen and oxygen atoms in total. The monoisotopic (exact) mass is 372 g/mol. The number of hydrogen-bond acceptors (Lipinski definition) is 5. The molecule has 0 saturated carbocycles. The maximum atomic E-state index is 12.3. The quantitative estimate of drug-likeness (QED) is 0.789. The van der Waals surface area contributed by atoms with E-state index < -0.39 is 11.9 Å². The molecule has 2 heterocycles. The van der Waals surface area contributed by atoms with Gasteiger partial charge in [0.1, 0.15) is 12.4 Å². The summed E-state index contributed by atoms with van der Waals surface area (Å²) in [6, 6.07) is 7.47. The second kappa shape index (κ2) is 8.14. The number of aliphatic carboxylic acids is 1. The number of rotatable bonds is 6. The number of aromatic nitrogens is 1. The van der Waals surface area contributed by atoms with Crippen LogP contribution in [0.2, 0.25) is 0 Å². The van der Waals surface area contributed by atoms with Crippen LogP contribution in [0, 0.1) is 12.8 Å². The molecule has 1 aliphatic rings. The van der Waals surface area contributed by atoms with Gasteiger partial charge >= 0.3 is 5.97 Å². The van der Waals surface area contributed by atoms with Gasteiger partial charge in [-0.25, -0.2) is 4.98 Å². The van der Waals surface area contributed by atoms with E-state index in [-0.39, 0.29) is 12.5 Å². The van der Waals surface area contributed by atoms with Crippen LogP contribution in [0.15, 0.2) is 35.7 Å². The van der Waals surface area contributed by atoms with Crippen LogP contribution in [-0.2, 0) is 16.2 Å². The molecule has 3 rings (SSSR count). The molecule has 1 fully saturated rings. The molecule has 0 spiro atoms. The van der Waals surface area contributed by atoms with E-state index in [1.165, 1.54) is 6.08 Å². The van der Waals surface area contributed by atoms with Gasteiger partial charge in [-0.05, 0) is 25.5 Å². The van der Waals surface area contributed by atoms with Crippen molar-refractivity contribution in [3.8, 4) is 5.75 Å². The van der Waals surface area contributed by atoms with Gasteiger partial charge in [0.15, 0.2) is 0 Å². The predicted octanol–water partition coefficient (Wildman–Crippen LogP) is 2.98. The standard InChI is InChI=1S/C19H20N2O4S/c1-13-20-16(12-26-13)11-25-17-5-3-2-4-14(17)6-7-18(22)21-9-8-15(10-21)19(23)24/h2-7,12,15H,8-11H2,1H3,(H,23,24). The van der Waals surface area contributed by atoms with Crippen molar-refractivity contribution in [2.45, 2.75) is 20.0 Å². The van der Waals surface area contributed by atoms with E-state index in [4.69, 9.17) is 9.84 Å². The molecule has 7 heteroatoms. The van der Waals surface area contributed by atoms with Crippen molar-refractivity contribution in [1.82, 2.24) is 9.88 Å². The molecule has 1 aromatic carbocycles. The third-order valence-electron chi connectivity index (χ3n) is 4.22. The number of likely N-dealkylation sites (tertiary alicyclic amines) is 1. The van der Waals surface area contributed by atoms with Crippen molar-refractivity contribution < 1.29 is 19.4 Å². The van der Waals surface area contributed by atoms with E-state index in [1.807, 2.05) is 36.6 Å². The van der Waals surface area contributed by atoms with Crippen molar-refractivity contribution in [1.29, 1.82) is 0 Å². The second-order valence-electron chi connectivity index (χ2n) is 6.13. The predicted molar refractivity (Wildman–Crippen MR) is 99.0 cm³/mol. The van der Waals surface area contributed by atoms with Gasteiger partial charge in [0.2, 0.25) is 5.91 Å². The van der Waals surface area contributed by atoms with Crippen molar-refractivity contribution in [3.05, 3.63) is 52.0 Å². The lowest BCUT2D eigenvalue weighted by atomic mass is 10.1. The number of carboxylic acids is 1. The Morgan fingerprint density at radius 3 is 2.92 bits per heavy atom. The van der Waals surface area contributed by atoms with Gasteiger partial charge in [-0.3, -0.25) is 9.59 Å². The topological polar surface area (TPSA) is 79.7 Å². The fourth-order valence-electron chi connectivity index (χ4n) is 2.80. The lowest BCUT2D eigenvalue weighted by molar-refractivity contribution is -0.141. The van der Waals surface area contributed by atoms with Crippen molar-refractivity contribution in [2.75, 3.05) is 13.1 Å². The Labute approximate surface area is 155 Å². The van der Waals surface area contributed by atoms with Crippen molar-refractivity contribution in [3.63, 3.8) is 0 Å². The number of ether oxygens (including phenoxy) is 1. The summed E-state index contributed by atoms with van der Waals surface area (Å²) in [6.07, 6.45) is 3.68. The Kier molecular flexibility index (Phi) is 5.68. The smallest absolute Gasteiger partial charge is 0.308 e. The normalized spacial score (nSPS) is 17.0. The maximum absolute atomic E-state index is 12.3. The molecule has 1 aromatic heterocycles. The van der Waals surface area contributed by atoms with Crippen LogP contribution in [-0.4, -0.2) is 40.0 Å². The molecule has 1 N–H and O–H groups in total. The summed E-state index contributed by atoms with van der Waals surface area (Å²) in [5.74, 6) is -0.824. The SMILES string of the molecule is Cc1nc(COc2ccccc2C=CC(=O)N2CCC(C(=O)O)C2)cs1. The number of thiazole rings is 1. The highest BCUT2D eigenvalue weighted by Gasteiger charge is 2.29. The molecule has 0 radical (unpaired) electrons. The van der Waals surface area contributed by atoms with Crippen LogP contribution in [0.3, 0.4) is 0 Å². The third kappa shape index (κ3) is 4.49. The second-order valence-corrected chi connectivity index (χ2v) is 7.19. The Morgan fingerprint density at radius 2 is 2.23 bits per heavy atom. The fraction of sp³-hybridized carbons (Fsp3) is 0.316. The number of carbonyl (C=O) groups excluding carboxylic acids is 1. The zero-order chi connectivity index (χ0) is 18.5. The van der Waals surface area contributed by atoms with Crippen molar-refractivity contribution >= 4 is 29.3 Å². The molecule has 136 valence electrons. The number of aryl methyl sites for hydroxylation is 1. The van der Waals surface area contributed by atoms with E-state index in [0.717, 1.165) is 16.3 Å². The first-order valence-corrected chi connectivity index (χ1v) is 9.23. The zero-order valence-electron chi connectivity index (χ0n) is 14.4. The summed E-state index contributed by atoms with van der Waals surface area (Å²) in [5.41, 5.74) is 1.67. The Hall–Kier alpha value is -2.67. The Morgan fingerprint density at radius 1 is 1.42 bits per heavy atom. The summed E-state index contributed by atoms with van der Waals surface area (Å²) >= 11 is 1.58. The van der Waals surface area contributed by atoms with Crippen molar-refractivity contribution in [2.24, 2.45) is 5.92 Å². The molecule has 1 aliphatic heterocycles. The molecule has 0 aliphatic carbocycles. The summed E-state index contributed by atoms with van der Waals surface area (Å²) < 4.78 is 5.83. The first-order valence-electron chi connectivity index (χ1n) is 8.35. The van der Waals surface area contributed by atoms with Gasteiger partial charge in [0, 0.05) is 30.1 Å². The van der Waals surface area contributed by atoms with Gasteiger partial charge < -0.3 is 14.7 Å². The molecule has 1 atom stereocenters. The van der Waals surface area contributed by atoms with Crippen LogP contribution >= 0.6 is 11.3 Å². The highest BCUT2D eigenvalue weighted by molar-refractivity contribution is 7.09. The molecule has 26 heavy (non-hydrogen) atoms. The first kappa shape index (κ1) is 18.1. The molecular formula is C19H20N2O4S. The van der Waals surface area contributed by atoms with Gasteiger partial charge in [-0.2, -0.15) is 0 Å². The minimum atomic E-state index is -0.847. The number of benzene rings is 1. The van der Waals surface area contributed by atoms with Crippen LogP contribution in [0.25, 0.3) is 6.08 Å². The first-order chi connectivity index (χ1) is 12.5. The number of nitrogens with zero attached hydrogens (tertiary/aromatic N) is 2. The van der Waals surface area contributed by atoms with Gasteiger partial charge in [0.25, 0.3) is 0 Å². The summed E-state index contributed by atoms with van der Waals surface area (Å²) in [6.45, 7) is 3.06. The van der Waals surface area contributed by atoms with E-state index in [1.54, 1.807) is 22.3 Å². The number of amides is 1. The van der Waals surface area contributed by atoms with Crippen LogP contribution < -0.4 is 4.74 Å². The zero-order valence-corrected chi connectivity index (χ0v) is 15.2. The fourth-order valence-corrected chi connectivity index (χ4v) is 3.40. The van der Waals surface area contributed by atoms with E-state index in [0.29, 0.717) is 25.3 Å². The minimum absolute atomic E-state index is 0.182. The van der Waals surface area contributed by atoms with Crippen LogP contribution in [0.5, 0.6) is 5.75 Å². The average Bonchev–Trinajstić information content (AvgIpc) is 3.28. The van der Waals surface area contributed by atoms with Gasteiger partial charge in [-0.15, -0.1) is 11.3 Å². The van der Waals surface area contributed by atoms with Crippen LogP contribution in [0.1, 0.15) is 22.7 Å². The Balaban J connectivity index is 1.63. The molecule has 1 saturated heterocycles. The summed E-state index contributed by atoms with van der Waals surface area (Å²) in [7, 11) is 0. The van der Waals surface area contributed by atoms with E-state index in [2.05, 4.69) is 4.98 Å². The molecule has 1 amide bonds. The number of hydrogen-bond donors (Lipinski definition) is 1. The lowest BCUT2D eigenvalue weighted by Gasteiger charge is -2.13. The highest BCUT2D eigenvalue weighted by Crippen LogP contribution is 2.22. The van der Waals surface area contributed by atoms with Gasteiger partial charge in [0.05, 0.1) is 16.6 Å². The summed E-state index contributed by atoms with van der Waals surface area (Å²) in [4.78, 5) is 29.2. The third-order valence-corrected chi connectivity index (χ3v) is 5.04. The van der Waals surface area contributed by atoms with E-state index in [9.17, 15) is 9.59 Å². The number of carbonyl (C=O) groups is 2. The number of carboxylic acid groups (broad SMARTS) is 1. The highest BCUT2D eigenvalue weighted by atomic mass is 32.1. The minimum Gasteiger partial charge on any atom is -0.487 e. The van der Waals surface area contributed by atoms with Crippen LogP contribution in [0.4, 0.5) is 0 Å².